The molecule has 1 aromatic rings. The van der Waals surface area contributed by atoms with Crippen LogP contribution in [0.15, 0.2) is 22.7 Å². The molecule has 0 saturated heterocycles. The molecule has 1 aliphatic carbocycles. The molecule has 1 amide bonds. The Hall–Kier alpha value is -0.870. The third kappa shape index (κ3) is 2.77. The summed E-state index contributed by atoms with van der Waals surface area (Å²) >= 11 is 3.61. The van der Waals surface area contributed by atoms with Gasteiger partial charge in [-0.25, -0.2) is 0 Å². The molecule has 2 N–H and O–H groups in total. The first-order valence-corrected chi connectivity index (χ1v) is 8.25. The molecule has 0 radical (unpaired) electrons. The maximum absolute atomic E-state index is 12.7. The highest BCUT2D eigenvalue weighted by Crippen LogP contribution is 2.30. The van der Waals surface area contributed by atoms with Crippen molar-refractivity contribution < 1.29 is 4.79 Å². The van der Waals surface area contributed by atoms with Gasteiger partial charge < -0.3 is 10.6 Å². The molecule has 3 rings (SSSR count). The van der Waals surface area contributed by atoms with Crippen molar-refractivity contribution in [3.05, 3.63) is 33.8 Å². The first kappa shape index (κ1) is 14.1. The number of carbonyl (C=O) groups excluding carboxylic acids is 1. The molecule has 4 heteroatoms. The lowest BCUT2D eigenvalue weighted by atomic mass is 9.84. The van der Waals surface area contributed by atoms with Crippen LogP contribution in [0.5, 0.6) is 0 Å². The van der Waals surface area contributed by atoms with Crippen molar-refractivity contribution in [1.29, 1.82) is 0 Å². The van der Waals surface area contributed by atoms with Gasteiger partial charge in [-0.05, 0) is 42.9 Å². The molecule has 20 heavy (non-hydrogen) atoms. The minimum Gasteiger partial charge on any atom is -0.338 e. The third-order valence-electron chi connectivity index (χ3n) is 4.59. The van der Waals surface area contributed by atoms with Crippen LogP contribution in [-0.2, 0) is 17.8 Å². The molecule has 1 fully saturated rings. The van der Waals surface area contributed by atoms with Crippen LogP contribution in [-0.4, -0.2) is 23.4 Å². The van der Waals surface area contributed by atoms with Crippen LogP contribution in [0, 0.1) is 5.92 Å². The van der Waals surface area contributed by atoms with Gasteiger partial charge in [0.2, 0.25) is 5.91 Å². The summed E-state index contributed by atoms with van der Waals surface area (Å²) in [6, 6.07) is 6.50. The predicted octanol–water partition coefficient (Wildman–Crippen LogP) is 2.85. The number of nitrogens with two attached hydrogens (primary N) is 1. The maximum Gasteiger partial charge on any atom is 0.226 e. The van der Waals surface area contributed by atoms with Gasteiger partial charge in [-0.2, -0.15) is 0 Å². The third-order valence-corrected chi connectivity index (χ3v) is 5.33. The molecule has 3 nitrogen and oxygen atoms in total. The van der Waals surface area contributed by atoms with E-state index in [0.717, 1.165) is 49.7 Å². The van der Waals surface area contributed by atoms with Gasteiger partial charge in [0.05, 0.1) is 0 Å². The number of hydrogen-bond donors (Lipinski definition) is 1. The van der Waals surface area contributed by atoms with Gasteiger partial charge in [-0.3, -0.25) is 4.79 Å². The summed E-state index contributed by atoms with van der Waals surface area (Å²) in [4.78, 5) is 14.7. The average molecular weight is 337 g/mol. The summed E-state index contributed by atoms with van der Waals surface area (Å²) in [5.74, 6) is 0.448. The van der Waals surface area contributed by atoms with E-state index in [4.69, 9.17) is 5.73 Å². The SMILES string of the molecule is NC1CCCC(C(=O)N2CCc3cccc(Br)c3C2)C1. The van der Waals surface area contributed by atoms with Crippen LogP contribution in [0.1, 0.15) is 36.8 Å². The lowest BCUT2D eigenvalue weighted by Gasteiger charge is -2.34. The standard InChI is InChI=1S/C16H21BrN2O/c17-15-6-2-3-11-7-8-19(10-14(11)15)16(20)12-4-1-5-13(18)9-12/h2-3,6,12-13H,1,4-5,7-10,18H2. The largest absolute Gasteiger partial charge is 0.338 e. The fourth-order valence-electron chi connectivity index (χ4n) is 3.44. The number of benzene rings is 1. The molecule has 0 spiro atoms. The molecule has 0 aromatic heterocycles. The van der Waals surface area contributed by atoms with E-state index >= 15 is 0 Å². The lowest BCUT2D eigenvalue weighted by Crippen LogP contribution is -2.43. The topological polar surface area (TPSA) is 46.3 Å². The second-order valence-corrected chi connectivity index (χ2v) is 6.87. The van der Waals surface area contributed by atoms with Gasteiger partial charge in [-0.1, -0.05) is 34.5 Å². The van der Waals surface area contributed by atoms with E-state index in [2.05, 4.69) is 34.1 Å². The van der Waals surface area contributed by atoms with E-state index < -0.39 is 0 Å². The van der Waals surface area contributed by atoms with Gasteiger partial charge in [-0.15, -0.1) is 0 Å². The average Bonchev–Trinajstić information content (AvgIpc) is 2.47. The first-order valence-electron chi connectivity index (χ1n) is 7.46. The van der Waals surface area contributed by atoms with E-state index in [-0.39, 0.29) is 12.0 Å². The number of rotatable bonds is 1. The number of nitrogens with zero attached hydrogens (tertiary/aromatic N) is 1. The Bertz CT molecular complexity index is 517. The molecule has 108 valence electrons. The zero-order valence-corrected chi connectivity index (χ0v) is 13.2. The van der Waals surface area contributed by atoms with E-state index in [1.807, 2.05) is 4.90 Å². The van der Waals surface area contributed by atoms with Crippen LogP contribution in [0.25, 0.3) is 0 Å². The molecular weight excluding hydrogens is 316 g/mol. The van der Waals surface area contributed by atoms with Crippen molar-refractivity contribution in [2.75, 3.05) is 6.54 Å². The molecule has 2 atom stereocenters. The van der Waals surface area contributed by atoms with Crippen molar-refractivity contribution in [2.24, 2.45) is 11.7 Å². The van der Waals surface area contributed by atoms with Gasteiger partial charge in [0, 0.05) is 29.5 Å². The summed E-state index contributed by atoms with van der Waals surface area (Å²) in [6.45, 7) is 1.58. The zero-order valence-electron chi connectivity index (χ0n) is 11.6. The van der Waals surface area contributed by atoms with Crippen molar-refractivity contribution in [1.82, 2.24) is 4.90 Å². The van der Waals surface area contributed by atoms with Gasteiger partial charge in [0.15, 0.2) is 0 Å². The van der Waals surface area contributed by atoms with E-state index in [1.54, 1.807) is 0 Å². The summed E-state index contributed by atoms with van der Waals surface area (Å²) in [6.07, 6.45) is 4.98. The zero-order chi connectivity index (χ0) is 14.1. The smallest absolute Gasteiger partial charge is 0.226 e. The van der Waals surface area contributed by atoms with Gasteiger partial charge >= 0.3 is 0 Å². The minimum atomic E-state index is 0.141. The van der Waals surface area contributed by atoms with Crippen LogP contribution in [0.3, 0.4) is 0 Å². The van der Waals surface area contributed by atoms with Crippen LogP contribution in [0.2, 0.25) is 0 Å². The Kier molecular flexibility index (Phi) is 4.13. The molecule has 1 aromatic carbocycles. The summed E-state index contributed by atoms with van der Waals surface area (Å²) in [7, 11) is 0. The van der Waals surface area contributed by atoms with Crippen molar-refractivity contribution in [3.63, 3.8) is 0 Å². The maximum atomic E-state index is 12.7. The second-order valence-electron chi connectivity index (χ2n) is 6.01. The number of fused-ring (bicyclic) bond motifs is 1. The van der Waals surface area contributed by atoms with Crippen LogP contribution < -0.4 is 5.73 Å². The molecular formula is C16H21BrN2O. The fourth-order valence-corrected chi connectivity index (χ4v) is 3.97. The number of amides is 1. The Morgan fingerprint density at radius 3 is 3.00 bits per heavy atom. The van der Waals surface area contributed by atoms with Crippen molar-refractivity contribution in [2.45, 2.75) is 44.7 Å². The molecule has 2 aliphatic rings. The first-order chi connectivity index (χ1) is 9.65. The molecule has 0 bridgehead atoms. The molecule has 2 unspecified atom stereocenters. The Morgan fingerprint density at radius 2 is 2.20 bits per heavy atom. The highest BCUT2D eigenvalue weighted by Gasteiger charge is 2.31. The number of halogens is 1. The van der Waals surface area contributed by atoms with E-state index in [1.165, 1.54) is 11.1 Å². The quantitative estimate of drug-likeness (QED) is 0.857. The Balaban J connectivity index is 1.73. The minimum absolute atomic E-state index is 0.141. The van der Waals surface area contributed by atoms with E-state index in [9.17, 15) is 4.79 Å². The van der Waals surface area contributed by atoms with Crippen molar-refractivity contribution in [3.8, 4) is 0 Å². The van der Waals surface area contributed by atoms with Crippen LogP contribution >= 0.6 is 15.9 Å². The van der Waals surface area contributed by atoms with E-state index in [0.29, 0.717) is 5.91 Å². The van der Waals surface area contributed by atoms with Gasteiger partial charge in [0.25, 0.3) is 0 Å². The Morgan fingerprint density at radius 1 is 1.35 bits per heavy atom. The lowest BCUT2D eigenvalue weighted by molar-refractivity contribution is -0.137. The normalized spacial score (nSPS) is 26.2. The molecule has 1 aliphatic heterocycles. The molecule has 1 saturated carbocycles. The highest BCUT2D eigenvalue weighted by molar-refractivity contribution is 9.10. The number of carbonyl (C=O) groups is 1. The van der Waals surface area contributed by atoms with Gasteiger partial charge in [0.1, 0.15) is 0 Å². The number of hydrogen-bond acceptors (Lipinski definition) is 2. The fraction of sp³-hybridized carbons (Fsp3) is 0.562. The summed E-state index contributed by atoms with van der Waals surface area (Å²) < 4.78 is 1.12. The second kappa shape index (κ2) is 5.86. The Labute approximate surface area is 128 Å². The van der Waals surface area contributed by atoms with Crippen LogP contribution in [0.4, 0.5) is 0 Å². The molecule has 1 heterocycles. The monoisotopic (exact) mass is 336 g/mol. The highest BCUT2D eigenvalue weighted by atomic mass is 79.9. The van der Waals surface area contributed by atoms with Crippen molar-refractivity contribution >= 4 is 21.8 Å². The summed E-state index contributed by atoms with van der Waals surface area (Å²) in [5.41, 5.74) is 8.65. The predicted molar refractivity (Wildman–Crippen MR) is 83.2 cm³/mol. The summed E-state index contributed by atoms with van der Waals surface area (Å²) in [5, 5.41) is 0.